The third kappa shape index (κ3) is 3.06. The quantitative estimate of drug-likeness (QED) is 0.715. The van der Waals surface area contributed by atoms with Crippen molar-refractivity contribution in [1.82, 2.24) is 14.9 Å². The number of hydrogen-bond donors (Lipinski definition) is 2. The second kappa shape index (κ2) is 5.50. The Morgan fingerprint density at radius 3 is 3.00 bits per heavy atom. The molecule has 0 saturated heterocycles. The molecule has 0 fully saturated rings. The van der Waals surface area contributed by atoms with Crippen molar-refractivity contribution in [2.45, 2.75) is 32.4 Å². The van der Waals surface area contributed by atoms with Crippen LogP contribution in [0.3, 0.4) is 0 Å². The predicted molar refractivity (Wildman–Crippen MR) is 58.1 cm³/mol. The summed E-state index contributed by atoms with van der Waals surface area (Å²) >= 11 is 0. The summed E-state index contributed by atoms with van der Waals surface area (Å²) in [5, 5.41) is 3.07. The molecule has 0 saturated carbocycles. The Morgan fingerprint density at radius 2 is 2.47 bits per heavy atom. The Balaban J connectivity index is 2.80. The summed E-state index contributed by atoms with van der Waals surface area (Å²) in [5.74, 6) is -0.307. The highest BCUT2D eigenvalue weighted by Crippen LogP contribution is 2.15. The first-order valence-corrected chi connectivity index (χ1v) is 5.14. The van der Waals surface area contributed by atoms with Crippen LogP contribution >= 0.6 is 0 Å². The average Bonchev–Trinajstić information content (AvgIpc) is 2.63. The molecular weight excluding hydrogens is 192 g/mol. The first-order valence-electron chi connectivity index (χ1n) is 5.14. The molecule has 3 N–H and O–H groups in total. The Bertz CT molecular complexity index is 321. The van der Waals surface area contributed by atoms with Crippen LogP contribution < -0.4 is 11.1 Å². The fourth-order valence-corrected chi connectivity index (χ4v) is 1.60. The highest BCUT2D eigenvalue weighted by molar-refractivity contribution is 5.74. The van der Waals surface area contributed by atoms with Gasteiger partial charge in [0, 0.05) is 19.2 Å². The number of imidazole rings is 1. The molecule has 0 aliphatic carbocycles. The van der Waals surface area contributed by atoms with E-state index in [1.807, 2.05) is 11.6 Å². The number of carbonyl (C=O) groups is 1. The smallest absolute Gasteiger partial charge is 0.219 e. The fraction of sp³-hybridized carbons (Fsp3) is 0.600. The number of amides is 1. The van der Waals surface area contributed by atoms with Crippen molar-refractivity contribution in [2.24, 2.45) is 5.73 Å². The molecule has 1 unspecified atom stereocenters. The molecule has 1 aromatic rings. The Morgan fingerprint density at radius 1 is 1.73 bits per heavy atom. The lowest BCUT2D eigenvalue weighted by molar-refractivity contribution is -0.118. The molecule has 5 heteroatoms. The summed E-state index contributed by atoms with van der Waals surface area (Å²) < 4.78 is 2.05. The minimum atomic E-state index is -0.307. The maximum atomic E-state index is 10.9. The molecule has 84 valence electrons. The molecule has 0 bridgehead atoms. The van der Waals surface area contributed by atoms with Crippen LogP contribution in [0.5, 0.6) is 0 Å². The first-order chi connectivity index (χ1) is 7.19. The van der Waals surface area contributed by atoms with Crippen LogP contribution in [-0.4, -0.2) is 22.5 Å². The van der Waals surface area contributed by atoms with Crippen LogP contribution in [0.1, 0.15) is 31.5 Å². The Hall–Kier alpha value is -1.36. The van der Waals surface area contributed by atoms with Crippen molar-refractivity contribution in [3.8, 4) is 0 Å². The van der Waals surface area contributed by atoms with Gasteiger partial charge in [-0.3, -0.25) is 4.79 Å². The zero-order valence-corrected chi connectivity index (χ0v) is 9.23. The van der Waals surface area contributed by atoms with Gasteiger partial charge in [-0.15, -0.1) is 0 Å². The summed E-state index contributed by atoms with van der Waals surface area (Å²) in [4.78, 5) is 15.0. The van der Waals surface area contributed by atoms with E-state index in [9.17, 15) is 4.79 Å². The third-order valence-corrected chi connectivity index (χ3v) is 2.32. The van der Waals surface area contributed by atoms with Gasteiger partial charge in [0.2, 0.25) is 5.91 Å². The van der Waals surface area contributed by atoms with E-state index >= 15 is 0 Å². The topological polar surface area (TPSA) is 72.9 Å². The summed E-state index contributed by atoms with van der Waals surface area (Å²) in [6, 6.07) is -0.0449. The van der Waals surface area contributed by atoms with E-state index in [2.05, 4.69) is 17.2 Å². The van der Waals surface area contributed by atoms with E-state index in [0.717, 1.165) is 18.7 Å². The van der Waals surface area contributed by atoms with E-state index in [0.29, 0.717) is 6.42 Å². The summed E-state index contributed by atoms with van der Waals surface area (Å²) in [6.07, 6.45) is 4.90. The highest BCUT2D eigenvalue weighted by atomic mass is 16.1. The Labute approximate surface area is 89.7 Å². The molecule has 0 aliphatic heterocycles. The number of aryl methyl sites for hydroxylation is 1. The molecule has 0 radical (unpaired) electrons. The maximum Gasteiger partial charge on any atom is 0.219 e. The van der Waals surface area contributed by atoms with Gasteiger partial charge >= 0.3 is 0 Å². The number of nitrogens with two attached hydrogens (primary N) is 1. The summed E-state index contributed by atoms with van der Waals surface area (Å²) in [6.45, 7) is 3.01. The van der Waals surface area contributed by atoms with Crippen LogP contribution in [0.15, 0.2) is 12.5 Å². The molecule has 1 atom stereocenters. The highest BCUT2D eigenvalue weighted by Gasteiger charge is 2.15. The first kappa shape index (κ1) is 11.7. The van der Waals surface area contributed by atoms with E-state index in [-0.39, 0.29) is 11.9 Å². The average molecular weight is 210 g/mol. The summed E-state index contributed by atoms with van der Waals surface area (Å²) in [5.41, 5.74) is 6.20. The van der Waals surface area contributed by atoms with E-state index in [1.165, 1.54) is 0 Å². The van der Waals surface area contributed by atoms with Crippen molar-refractivity contribution < 1.29 is 4.79 Å². The molecule has 0 aromatic carbocycles. The van der Waals surface area contributed by atoms with E-state index in [4.69, 9.17) is 5.73 Å². The molecular formula is C10H18N4O. The van der Waals surface area contributed by atoms with Gasteiger partial charge in [-0.25, -0.2) is 4.98 Å². The molecule has 1 aromatic heterocycles. The predicted octanol–water partition coefficient (Wildman–Crippen LogP) is 0.429. The largest absolute Gasteiger partial charge is 0.370 e. The lowest BCUT2D eigenvalue weighted by atomic mass is 10.1. The second-order valence-corrected chi connectivity index (χ2v) is 3.52. The van der Waals surface area contributed by atoms with Crippen molar-refractivity contribution in [3.63, 3.8) is 0 Å². The fourth-order valence-electron chi connectivity index (χ4n) is 1.60. The van der Waals surface area contributed by atoms with Gasteiger partial charge in [0.25, 0.3) is 0 Å². The number of hydrogen-bond acceptors (Lipinski definition) is 3. The molecule has 0 aliphatic rings. The van der Waals surface area contributed by atoms with E-state index < -0.39 is 0 Å². The van der Waals surface area contributed by atoms with Crippen LogP contribution in [0.25, 0.3) is 0 Å². The molecule has 1 heterocycles. The number of carbonyl (C=O) groups excluding carboxylic acids is 1. The standard InChI is InChI=1S/C10H18N4O/c1-3-4-14-7-13-6-9(14)8(12-2)5-10(11)15/h6-8,12H,3-5H2,1-2H3,(H2,11,15). The number of aromatic nitrogens is 2. The number of primary amides is 1. The third-order valence-electron chi connectivity index (χ3n) is 2.32. The monoisotopic (exact) mass is 210 g/mol. The Kier molecular flexibility index (Phi) is 4.30. The van der Waals surface area contributed by atoms with Crippen LogP contribution in [0.4, 0.5) is 0 Å². The minimum Gasteiger partial charge on any atom is -0.370 e. The SMILES string of the molecule is CCCn1cncc1C(CC(N)=O)NC. The number of rotatable bonds is 6. The summed E-state index contributed by atoms with van der Waals surface area (Å²) in [7, 11) is 1.82. The zero-order chi connectivity index (χ0) is 11.3. The molecule has 15 heavy (non-hydrogen) atoms. The van der Waals surface area contributed by atoms with Crippen LogP contribution in [0.2, 0.25) is 0 Å². The number of nitrogens with zero attached hydrogens (tertiary/aromatic N) is 2. The van der Waals surface area contributed by atoms with Crippen molar-refractivity contribution in [1.29, 1.82) is 0 Å². The van der Waals surface area contributed by atoms with Crippen molar-refractivity contribution >= 4 is 5.91 Å². The zero-order valence-electron chi connectivity index (χ0n) is 9.23. The molecule has 1 amide bonds. The molecule has 1 rings (SSSR count). The minimum absolute atomic E-state index is 0.0449. The van der Waals surface area contributed by atoms with Gasteiger partial charge in [-0.2, -0.15) is 0 Å². The van der Waals surface area contributed by atoms with Gasteiger partial charge in [-0.1, -0.05) is 6.92 Å². The molecule has 0 spiro atoms. The van der Waals surface area contributed by atoms with Crippen LogP contribution in [0, 0.1) is 0 Å². The van der Waals surface area contributed by atoms with Crippen molar-refractivity contribution in [3.05, 3.63) is 18.2 Å². The maximum absolute atomic E-state index is 10.9. The second-order valence-electron chi connectivity index (χ2n) is 3.52. The lowest BCUT2D eigenvalue weighted by Gasteiger charge is -2.16. The van der Waals surface area contributed by atoms with Gasteiger partial charge in [-0.05, 0) is 13.5 Å². The normalized spacial score (nSPS) is 12.7. The number of nitrogens with one attached hydrogen (secondary N) is 1. The van der Waals surface area contributed by atoms with Gasteiger partial charge < -0.3 is 15.6 Å². The van der Waals surface area contributed by atoms with Gasteiger partial charge in [0.15, 0.2) is 0 Å². The van der Waals surface area contributed by atoms with Crippen LogP contribution in [-0.2, 0) is 11.3 Å². The van der Waals surface area contributed by atoms with Crippen molar-refractivity contribution in [2.75, 3.05) is 7.05 Å². The van der Waals surface area contributed by atoms with Gasteiger partial charge in [0.05, 0.1) is 18.1 Å². The van der Waals surface area contributed by atoms with Gasteiger partial charge in [0.1, 0.15) is 0 Å². The van der Waals surface area contributed by atoms with E-state index in [1.54, 1.807) is 12.5 Å². The lowest BCUT2D eigenvalue weighted by Crippen LogP contribution is -2.25. The molecule has 5 nitrogen and oxygen atoms in total.